The van der Waals surface area contributed by atoms with Gasteiger partial charge in [-0.15, -0.1) is 0 Å². The van der Waals surface area contributed by atoms with Gasteiger partial charge in [-0.1, -0.05) is 27.7 Å². The first-order valence-corrected chi connectivity index (χ1v) is 9.62. The summed E-state index contributed by atoms with van der Waals surface area (Å²) in [7, 11) is 0. The molecule has 144 valence electrons. The number of nitrogens with zero attached hydrogens (tertiary/aromatic N) is 2. The molecule has 0 aliphatic heterocycles. The van der Waals surface area contributed by atoms with Gasteiger partial charge in [-0.3, -0.25) is 4.79 Å². The predicted octanol–water partition coefficient (Wildman–Crippen LogP) is 3.98. The molecule has 0 bridgehead atoms. The van der Waals surface area contributed by atoms with E-state index in [2.05, 4.69) is 37.6 Å². The molecule has 0 radical (unpaired) electrons. The average Bonchev–Trinajstić information content (AvgIpc) is 2.89. The van der Waals surface area contributed by atoms with Crippen LogP contribution in [0, 0.1) is 18.7 Å². The smallest absolute Gasteiger partial charge is 0.227 e. The quantitative estimate of drug-likeness (QED) is 0.734. The van der Waals surface area contributed by atoms with E-state index in [0.717, 1.165) is 54.9 Å². The van der Waals surface area contributed by atoms with Crippen molar-refractivity contribution in [2.75, 3.05) is 32.7 Å². The Morgan fingerprint density at radius 1 is 1.19 bits per heavy atom. The number of halogens is 1. The van der Waals surface area contributed by atoms with Crippen molar-refractivity contribution >= 4 is 16.8 Å². The van der Waals surface area contributed by atoms with E-state index in [4.69, 9.17) is 0 Å². The van der Waals surface area contributed by atoms with Gasteiger partial charge in [0.15, 0.2) is 0 Å². The Hall–Kier alpha value is -1.88. The molecule has 0 unspecified atom stereocenters. The lowest BCUT2D eigenvalue weighted by molar-refractivity contribution is -0.131. The molecule has 0 aliphatic rings. The van der Waals surface area contributed by atoms with E-state index in [1.807, 2.05) is 11.8 Å². The standard InChI is InChI=1S/C21H32FN3O/c1-6-24(7-2)10-11-25(14-15(3)4)21(26)13-18-16(5)23-20-9-8-17(22)12-19(18)20/h8-9,12,15,23H,6-7,10-11,13-14H2,1-5H3. The summed E-state index contributed by atoms with van der Waals surface area (Å²) in [5.41, 5.74) is 2.72. The molecule has 4 nitrogen and oxygen atoms in total. The molecule has 0 aliphatic carbocycles. The number of carbonyl (C=O) groups excluding carboxylic acids is 1. The van der Waals surface area contributed by atoms with E-state index in [9.17, 15) is 9.18 Å². The second-order valence-corrected chi connectivity index (χ2v) is 7.36. The Kier molecular flexibility index (Phi) is 7.21. The fraction of sp³-hybridized carbons (Fsp3) is 0.571. The van der Waals surface area contributed by atoms with Crippen molar-refractivity contribution in [3.8, 4) is 0 Å². The molecule has 2 aromatic rings. The number of hydrogen-bond acceptors (Lipinski definition) is 2. The minimum absolute atomic E-state index is 0.110. The van der Waals surface area contributed by atoms with E-state index in [1.54, 1.807) is 6.07 Å². The number of amides is 1. The lowest BCUT2D eigenvalue weighted by atomic mass is 10.1. The Morgan fingerprint density at radius 2 is 1.88 bits per heavy atom. The lowest BCUT2D eigenvalue weighted by Gasteiger charge is -2.28. The van der Waals surface area contributed by atoms with Crippen molar-refractivity contribution in [2.45, 2.75) is 41.0 Å². The van der Waals surface area contributed by atoms with Gasteiger partial charge in [0.2, 0.25) is 5.91 Å². The summed E-state index contributed by atoms with van der Waals surface area (Å²) in [5.74, 6) is 0.252. The lowest BCUT2D eigenvalue weighted by Crippen LogP contribution is -2.41. The van der Waals surface area contributed by atoms with Gasteiger partial charge in [0.25, 0.3) is 0 Å². The van der Waals surface area contributed by atoms with Gasteiger partial charge >= 0.3 is 0 Å². The molecular formula is C21H32FN3O. The van der Waals surface area contributed by atoms with Crippen LogP contribution in [0.3, 0.4) is 0 Å². The number of hydrogen-bond donors (Lipinski definition) is 1. The number of fused-ring (bicyclic) bond motifs is 1. The topological polar surface area (TPSA) is 39.3 Å². The van der Waals surface area contributed by atoms with E-state index >= 15 is 0 Å². The molecule has 2 rings (SSSR count). The van der Waals surface area contributed by atoms with Crippen molar-refractivity contribution in [2.24, 2.45) is 5.92 Å². The molecule has 0 saturated heterocycles. The third-order valence-electron chi connectivity index (χ3n) is 4.93. The average molecular weight is 362 g/mol. The van der Waals surface area contributed by atoms with E-state index in [1.165, 1.54) is 12.1 Å². The SMILES string of the molecule is CCN(CC)CCN(CC(C)C)C(=O)Cc1c(C)[nH]c2ccc(F)cc12. The molecular weight excluding hydrogens is 329 g/mol. The summed E-state index contributed by atoms with van der Waals surface area (Å²) in [6, 6.07) is 4.70. The third-order valence-corrected chi connectivity index (χ3v) is 4.93. The first-order valence-electron chi connectivity index (χ1n) is 9.62. The second-order valence-electron chi connectivity index (χ2n) is 7.36. The van der Waals surface area contributed by atoms with Crippen LogP contribution in [0.4, 0.5) is 4.39 Å². The Bertz CT molecular complexity index is 734. The van der Waals surface area contributed by atoms with Crippen molar-refractivity contribution < 1.29 is 9.18 Å². The van der Waals surface area contributed by atoms with Gasteiger partial charge in [0, 0.05) is 36.2 Å². The molecule has 1 aromatic carbocycles. The van der Waals surface area contributed by atoms with Crippen LogP contribution in [-0.4, -0.2) is 53.4 Å². The molecule has 0 fully saturated rings. The monoisotopic (exact) mass is 361 g/mol. The minimum Gasteiger partial charge on any atom is -0.358 e. The fourth-order valence-electron chi connectivity index (χ4n) is 3.41. The first-order chi connectivity index (χ1) is 12.3. The number of likely N-dealkylation sites (N-methyl/N-ethyl adjacent to an activating group) is 1. The molecule has 0 atom stereocenters. The molecule has 1 amide bonds. The van der Waals surface area contributed by atoms with E-state index in [0.29, 0.717) is 12.3 Å². The van der Waals surface area contributed by atoms with Gasteiger partial charge in [0.05, 0.1) is 6.42 Å². The summed E-state index contributed by atoms with van der Waals surface area (Å²) in [5, 5.41) is 0.809. The number of aryl methyl sites for hydroxylation is 1. The zero-order chi connectivity index (χ0) is 19.3. The summed E-state index contributed by atoms with van der Waals surface area (Å²) >= 11 is 0. The summed E-state index contributed by atoms with van der Waals surface area (Å²) in [4.78, 5) is 20.6. The summed E-state index contributed by atoms with van der Waals surface area (Å²) in [6.07, 6.45) is 0.306. The Morgan fingerprint density at radius 3 is 2.50 bits per heavy atom. The van der Waals surface area contributed by atoms with Crippen LogP contribution in [-0.2, 0) is 11.2 Å². The summed E-state index contributed by atoms with van der Waals surface area (Å²) < 4.78 is 13.7. The van der Waals surface area contributed by atoms with Gasteiger partial charge in [-0.05, 0) is 49.7 Å². The highest BCUT2D eigenvalue weighted by atomic mass is 19.1. The van der Waals surface area contributed by atoms with Crippen molar-refractivity contribution in [3.05, 3.63) is 35.3 Å². The number of aromatic nitrogens is 1. The van der Waals surface area contributed by atoms with Gasteiger partial charge in [-0.25, -0.2) is 4.39 Å². The first kappa shape index (κ1) is 20.4. The maximum Gasteiger partial charge on any atom is 0.227 e. The number of rotatable bonds is 9. The van der Waals surface area contributed by atoms with E-state index in [-0.39, 0.29) is 11.7 Å². The Balaban J connectivity index is 2.18. The maximum absolute atomic E-state index is 13.7. The number of carbonyl (C=O) groups is 1. The maximum atomic E-state index is 13.7. The predicted molar refractivity (Wildman–Crippen MR) is 106 cm³/mol. The van der Waals surface area contributed by atoms with Crippen LogP contribution in [0.15, 0.2) is 18.2 Å². The van der Waals surface area contributed by atoms with Crippen LogP contribution < -0.4 is 0 Å². The summed E-state index contributed by atoms with van der Waals surface area (Å²) in [6.45, 7) is 14.8. The molecule has 0 spiro atoms. The largest absolute Gasteiger partial charge is 0.358 e. The Labute approximate surface area is 156 Å². The highest BCUT2D eigenvalue weighted by Crippen LogP contribution is 2.24. The van der Waals surface area contributed by atoms with Crippen LogP contribution in [0.1, 0.15) is 39.0 Å². The zero-order valence-corrected chi connectivity index (χ0v) is 16.7. The van der Waals surface area contributed by atoms with Gasteiger partial charge < -0.3 is 14.8 Å². The van der Waals surface area contributed by atoms with Crippen molar-refractivity contribution in [1.29, 1.82) is 0 Å². The van der Waals surface area contributed by atoms with Crippen LogP contribution >= 0.6 is 0 Å². The zero-order valence-electron chi connectivity index (χ0n) is 16.7. The number of aromatic amines is 1. The van der Waals surface area contributed by atoms with Crippen LogP contribution in [0.5, 0.6) is 0 Å². The van der Waals surface area contributed by atoms with E-state index < -0.39 is 0 Å². The molecule has 1 aromatic heterocycles. The van der Waals surface area contributed by atoms with Crippen LogP contribution in [0.25, 0.3) is 10.9 Å². The van der Waals surface area contributed by atoms with Crippen LogP contribution in [0.2, 0.25) is 0 Å². The normalized spacial score (nSPS) is 11.7. The molecule has 1 N–H and O–H groups in total. The molecule has 1 heterocycles. The molecule has 26 heavy (non-hydrogen) atoms. The third kappa shape index (κ3) is 5.07. The second kappa shape index (κ2) is 9.17. The van der Waals surface area contributed by atoms with Crippen molar-refractivity contribution in [3.63, 3.8) is 0 Å². The minimum atomic E-state index is -0.272. The molecule has 5 heteroatoms. The highest BCUT2D eigenvalue weighted by Gasteiger charge is 2.19. The van der Waals surface area contributed by atoms with Gasteiger partial charge in [0.1, 0.15) is 5.82 Å². The number of H-pyrrole nitrogens is 1. The van der Waals surface area contributed by atoms with Gasteiger partial charge in [-0.2, -0.15) is 0 Å². The number of nitrogens with one attached hydrogen (secondary N) is 1. The number of benzene rings is 1. The molecule has 0 saturated carbocycles. The van der Waals surface area contributed by atoms with Crippen molar-refractivity contribution in [1.82, 2.24) is 14.8 Å². The highest BCUT2D eigenvalue weighted by molar-refractivity contribution is 5.90. The fourth-order valence-corrected chi connectivity index (χ4v) is 3.41.